The fraction of sp³-hybridized carbons (Fsp3) is 0.0833. The first kappa shape index (κ1) is 10.5. The summed E-state index contributed by atoms with van der Waals surface area (Å²) in [7, 11) is 0. The Balaban J connectivity index is 2.03. The highest BCUT2D eigenvalue weighted by Gasteiger charge is 2.08. The van der Waals surface area contributed by atoms with E-state index in [1.807, 2.05) is 6.92 Å². The Morgan fingerprint density at radius 1 is 1.28 bits per heavy atom. The number of fused-ring (bicyclic) bond motifs is 1. The molecule has 0 spiro atoms. The fourth-order valence-electron chi connectivity index (χ4n) is 1.71. The number of phenols is 1. The van der Waals surface area contributed by atoms with Crippen LogP contribution in [0.4, 0.5) is 0 Å². The quantitative estimate of drug-likeness (QED) is 0.743. The summed E-state index contributed by atoms with van der Waals surface area (Å²) in [6.07, 6.45) is 4.90. The van der Waals surface area contributed by atoms with Crippen molar-refractivity contribution in [2.45, 2.75) is 6.92 Å². The van der Waals surface area contributed by atoms with Crippen LogP contribution in [0.15, 0.2) is 36.9 Å². The molecular weight excluding hydrogens is 232 g/mol. The van der Waals surface area contributed by atoms with E-state index < -0.39 is 0 Å². The van der Waals surface area contributed by atoms with Crippen LogP contribution in [0.3, 0.4) is 0 Å². The molecule has 0 bridgehead atoms. The van der Waals surface area contributed by atoms with Crippen LogP contribution >= 0.6 is 0 Å². The Kier molecular flexibility index (Phi) is 2.33. The summed E-state index contributed by atoms with van der Waals surface area (Å²) >= 11 is 0. The molecule has 90 valence electrons. The van der Waals surface area contributed by atoms with Gasteiger partial charge >= 0.3 is 0 Å². The monoisotopic (exact) mass is 242 g/mol. The van der Waals surface area contributed by atoms with Gasteiger partial charge in [0.05, 0.1) is 0 Å². The summed E-state index contributed by atoms with van der Waals surface area (Å²) in [6, 6.07) is 4.98. The van der Waals surface area contributed by atoms with Crippen molar-refractivity contribution in [3.05, 3.63) is 42.5 Å². The average molecular weight is 242 g/mol. The number of nitrogens with zero attached hydrogens (tertiary/aromatic N) is 4. The summed E-state index contributed by atoms with van der Waals surface area (Å²) in [5, 5.41) is 17.2. The maximum atomic E-state index is 9.51. The Bertz CT molecular complexity index is 688. The lowest BCUT2D eigenvalue weighted by Crippen LogP contribution is -1.93. The molecule has 18 heavy (non-hydrogen) atoms. The summed E-state index contributed by atoms with van der Waals surface area (Å²) in [5.74, 6) is 1.01. The Morgan fingerprint density at radius 2 is 2.17 bits per heavy atom. The Morgan fingerprint density at radius 3 is 3.00 bits per heavy atom. The average Bonchev–Trinajstić information content (AvgIpc) is 2.76. The molecule has 1 N–H and O–H groups in total. The molecule has 0 saturated carbocycles. The molecular formula is C12H10N4O2. The maximum Gasteiger partial charge on any atom is 0.265 e. The van der Waals surface area contributed by atoms with E-state index in [-0.39, 0.29) is 5.75 Å². The number of rotatable bonds is 2. The third-order valence-corrected chi connectivity index (χ3v) is 2.43. The molecule has 0 aliphatic rings. The van der Waals surface area contributed by atoms with E-state index >= 15 is 0 Å². The second-order valence-electron chi connectivity index (χ2n) is 3.90. The van der Waals surface area contributed by atoms with Crippen LogP contribution in [0.5, 0.6) is 17.4 Å². The Hall–Kier alpha value is -2.63. The maximum absolute atomic E-state index is 9.51. The molecule has 0 unspecified atom stereocenters. The third-order valence-electron chi connectivity index (χ3n) is 2.43. The van der Waals surface area contributed by atoms with Crippen LogP contribution in [0.1, 0.15) is 5.56 Å². The number of phenolic OH excluding ortho intramolecular Hbond substituents is 1. The van der Waals surface area contributed by atoms with Crippen molar-refractivity contribution < 1.29 is 9.84 Å². The molecule has 0 fully saturated rings. The first-order chi connectivity index (χ1) is 8.72. The van der Waals surface area contributed by atoms with Gasteiger partial charge in [0.2, 0.25) is 5.65 Å². The molecule has 3 aromatic rings. The van der Waals surface area contributed by atoms with E-state index in [9.17, 15) is 5.11 Å². The standard InChI is InChI=1S/C12H10N4O2/c1-8-4-9(17)6-10(5-8)18-12-11-15-14-7-16(11)3-2-13-12/h2-7,17H,1H3. The number of benzene rings is 1. The molecule has 6 nitrogen and oxygen atoms in total. The van der Waals surface area contributed by atoms with Gasteiger partial charge in [-0.25, -0.2) is 4.98 Å². The van der Waals surface area contributed by atoms with Gasteiger partial charge in [-0.15, -0.1) is 10.2 Å². The molecule has 0 aliphatic heterocycles. The normalized spacial score (nSPS) is 10.7. The number of aryl methyl sites for hydroxylation is 1. The van der Waals surface area contributed by atoms with Gasteiger partial charge in [-0.3, -0.25) is 4.40 Å². The lowest BCUT2D eigenvalue weighted by molar-refractivity contribution is 0.446. The second kappa shape index (κ2) is 3.99. The zero-order valence-electron chi connectivity index (χ0n) is 9.61. The molecule has 0 radical (unpaired) electrons. The molecule has 0 atom stereocenters. The summed E-state index contributed by atoms with van der Waals surface area (Å²) in [6.45, 7) is 1.87. The molecule has 2 heterocycles. The predicted octanol–water partition coefficient (Wildman–Crippen LogP) is 1.93. The summed E-state index contributed by atoms with van der Waals surface area (Å²) < 4.78 is 7.32. The minimum absolute atomic E-state index is 0.151. The van der Waals surface area contributed by atoms with E-state index in [1.54, 1.807) is 35.3 Å². The van der Waals surface area contributed by atoms with Crippen molar-refractivity contribution in [2.24, 2.45) is 0 Å². The van der Waals surface area contributed by atoms with Gasteiger partial charge in [0.1, 0.15) is 17.8 Å². The van der Waals surface area contributed by atoms with Gasteiger partial charge in [0.15, 0.2) is 0 Å². The second-order valence-corrected chi connectivity index (χ2v) is 3.90. The topological polar surface area (TPSA) is 72.5 Å². The lowest BCUT2D eigenvalue weighted by Gasteiger charge is -2.06. The van der Waals surface area contributed by atoms with Gasteiger partial charge in [-0.1, -0.05) is 0 Å². The smallest absolute Gasteiger partial charge is 0.265 e. The highest BCUT2D eigenvalue weighted by atomic mass is 16.5. The molecule has 1 aromatic carbocycles. The molecule has 0 amide bonds. The third kappa shape index (κ3) is 1.84. The first-order valence-electron chi connectivity index (χ1n) is 5.35. The van der Waals surface area contributed by atoms with Crippen LogP contribution in [0.2, 0.25) is 0 Å². The van der Waals surface area contributed by atoms with E-state index in [0.29, 0.717) is 17.3 Å². The minimum atomic E-state index is 0.151. The van der Waals surface area contributed by atoms with E-state index in [0.717, 1.165) is 5.56 Å². The van der Waals surface area contributed by atoms with E-state index in [2.05, 4.69) is 15.2 Å². The van der Waals surface area contributed by atoms with Crippen molar-refractivity contribution in [1.29, 1.82) is 0 Å². The molecule has 0 saturated heterocycles. The zero-order chi connectivity index (χ0) is 12.5. The molecule has 2 aromatic heterocycles. The van der Waals surface area contributed by atoms with Gasteiger partial charge in [-0.05, 0) is 24.6 Å². The lowest BCUT2D eigenvalue weighted by atomic mass is 10.2. The fourth-order valence-corrected chi connectivity index (χ4v) is 1.71. The van der Waals surface area contributed by atoms with E-state index in [1.165, 1.54) is 6.07 Å². The first-order valence-corrected chi connectivity index (χ1v) is 5.35. The van der Waals surface area contributed by atoms with Gasteiger partial charge in [0.25, 0.3) is 5.88 Å². The largest absolute Gasteiger partial charge is 0.508 e. The SMILES string of the molecule is Cc1cc(O)cc(Oc2nccn3cnnc23)c1. The van der Waals surface area contributed by atoms with Gasteiger partial charge < -0.3 is 9.84 Å². The highest BCUT2D eigenvalue weighted by molar-refractivity contribution is 5.50. The van der Waals surface area contributed by atoms with Gasteiger partial charge in [0, 0.05) is 18.5 Å². The number of hydrogen-bond acceptors (Lipinski definition) is 5. The van der Waals surface area contributed by atoms with Crippen molar-refractivity contribution in [3.63, 3.8) is 0 Å². The van der Waals surface area contributed by atoms with Crippen LogP contribution < -0.4 is 4.74 Å². The van der Waals surface area contributed by atoms with Gasteiger partial charge in [-0.2, -0.15) is 0 Å². The molecule has 0 aliphatic carbocycles. The van der Waals surface area contributed by atoms with Crippen molar-refractivity contribution in [1.82, 2.24) is 19.6 Å². The van der Waals surface area contributed by atoms with Crippen LogP contribution in [0, 0.1) is 6.92 Å². The van der Waals surface area contributed by atoms with Crippen molar-refractivity contribution in [2.75, 3.05) is 0 Å². The van der Waals surface area contributed by atoms with Crippen LogP contribution in [-0.2, 0) is 0 Å². The highest BCUT2D eigenvalue weighted by Crippen LogP contribution is 2.26. The minimum Gasteiger partial charge on any atom is -0.508 e. The van der Waals surface area contributed by atoms with Crippen molar-refractivity contribution in [3.8, 4) is 17.4 Å². The number of ether oxygens (including phenoxy) is 1. The number of hydrogen-bond donors (Lipinski definition) is 1. The predicted molar refractivity (Wildman–Crippen MR) is 63.7 cm³/mol. The Labute approximate surface area is 103 Å². The van der Waals surface area contributed by atoms with Crippen LogP contribution in [0.25, 0.3) is 5.65 Å². The number of aromatic nitrogens is 4. The number of aromatic hydroxyl groups is 1. The summed E-state index contributed by atoms with van der Waals surface area (Å²) in [5.41, 5.74) is 1.43. The van der Waals surface area contributed by atoms with E-state index in [4.69, 9.17) is 4.74 Å². The summed E-state index contributed by atoms with van der Waals surface area (Å²) in [4.78, 5) is 4.11. The van der Waals surface area contributed by atoms with Crippen LogP contribution in [-0.4, -0.2) is 24.7 Å². The molecule has 6 heteroatoms. The molecule has 3 rings (SSSR count). The van der Waals surface area contributed by atoms with Crippen molar-refractivity contribution >= 4 is 5.65 Å². The zero-order valence-corrected chi connectivity index (χ0v) is 9.61.